The average molecular weight is 269 g/mol. The Morgan fingerprint density at radius 3 is 2.78 bits per heavy atom. The normalized spacial score (nSPS) is 11.4. The van der Waals surface area contributed by atoms with Gasteiger partial charge >= 0.3 is 0 Å². The lowest BCUT2D eigenvalue weighted by Gasteiger charge is -2.02. The smallest absolute Gasteiger partial charge is 0.273 e. The van der Waals surface area contributed by atoms with Crippen LogP contribution >= 0.6 is 0 Å². The van der Waals surface area contributed by atoms with Gasteiger partial charge in [-0.05, 0) is 6.07 Å². The molecule has 1 amide bonds. The SMILES string of the molecule is Cn1cc(S(N)(=O)=O)cc1C(=O)Nc1ccn[nH]1. The van der Waals surface area contributed by atoms with Crippen molar-refractivity contribution in [2.24, 2.45) is 12.2 Å². The largest absolute Gasteiger partial charge is 0.345 e. The van der Waals surface area contributed by atoms with Crippen molar-refractivity contribution in [3.8, 4) is 0 Å². The zero-order valence-corrected chi connectivity index (χ0v) is 10.2. The first-order valence-corrected chi connectivity index (χ1v) is 6.42. The van der Waals surface area contributed by atoms with Gasteiger partial charge < -0.3 is 9.88 Å². The molecule has 18 heavy (non-hydrogen) atoms. The summed E-state index contributed by atoms with van der Waals surface area (Å²) in [7, 11) is -2.27. The molecule has 0 saturated carbocycles. The molecule has 0 unspecified atom stereocenters. The number of H-pyrrole nitrogens is 1. The number of primary sulfonamides is 1. The number of amides is 1. The molecule has 0 aliphatic rings. The number of aromatic amines is 1. The van der Waals surface area contributed by atoms with Crippen LogP contribution in [0.3, 0.4) is 0 Å². The van der Waals surface area contributed by atoms with E-state index in [1.165, 1.54) is 23.0 Å². The quantitative estimate of drug-likeness (QED) is 0.704. The number of carbonyl (C=O) groups excluding carboxylic acids is 1. The van der Waals surface area contributed by atoms with Crippen molar-refractivity contribution < 1.29 is 13.2 Å². The van der Waals surface area contributed by atoms with Gasteiger partial charge in [0.2, 0.25) is 10.0 Å². The summed E-state index contributed by atoms with van der Waals surface area (Å²) in [5.74, 6) is -0.0463. The standard InChI is InChI=1S/C9H11N5O3S/c1-14-5-6(18(10,16)17)4-7(14)9(15)12-8-2-3-11-13-8/h2-5H,1H3,(H2,10,16,17)(H2,11,12,13,15). The van der Waals surface area contributed by atoms with Gasteiger partial charge in [0.05, 0.1) is 6.20 Å². The third kappa shape index (κ3) is 2.41. The molecule has 0 aliphatic heterocycles. The number of hydrogen-bond donors (Lipinski definition) is 3. The molecule has 0 atom stereocenters. The van der Waals surface area contributed by atoms with E-state index in [9.17, 15) is 13.2 Å². The van der Waals surface area contributed by atoms with Crippen LogP contribution < -0.4 is 10.5 Å². The molecule has 2 heterocycles. The fourth-order valence-electron chi connectivity index (χ4n) is 1.43. The van der Waals surface area contributed by atoms with E-state index in [-0.39, 0.29) is 10.6 Å². The topological polar surface area (TPSA) is 123 Å². The minimum Gasteiger partial charge on any atom is -0.345 e. The van der Waals surface area contributed by atoms with E-state index < -0.39 is 15.9 Å². The van der Waals surface area contributed by atoms with E-state index >= 15 is 0 Å². The van der Waals surface area contributed by atoms with Crippen molar-refractivity contribution in [2.45, 2.75) is 4.90 Å². The van der Waals surface area contributed by atoms with E-state index in [0.29, 0.717) is 5.82 Å². The molecule has 0 saturated heterocycles. The third-order valence-electron chi connectivity index (χ3n) is 2.29. The molecule has 0 spiro atoms. The van der Waals surface area contributed by atoms with Crippen LogP contribution in [0.5, 0.6) is 0 Å². The first-order chi connectivity index (χ1) is 8.38. The van der Waals surface area contributed by atoms with Crippen molar-refractivity contribution in [3.05, 3.63) is 30.2 Å². The van der Waals surface area contributed by atoms with E-state index in [4.69, 9.17) is 5.14 Å². The molecule has 0 aromatic carbocycles. The molecule has 2 aromatic heterocycles. The highest BCUT2D eigenvalue weighted by Crippen LogP contribution is 2.13. The number of sulfonamides is 1. The molecule has 9 heteroatoms. The van der Waals surface area contributed by atoms with E-state index in [1.807, 2.05) is 0 Å². The summed E-state index contributed by atoms with van der Waals surface area (Å²) in [6.07, 6.45) is 2.76. The van der Waals surface area contributed by atoms with Gasteiger partial charge in [0.25, 0.3) is 5.91 Å². The first-order valence-electron chi connectivity index (χ1n) is 4.88. The number of nitrogens with zero attached hydrogens (tertiary/aromatic N) is 2. The number of nitrogens with one attached hydrogen (secondary N) is 2. The summed E-state index contributed by atoms with van der Waals surface area (Å²) in [6, 6.07) is 2.78. The molecule has 8 nitrogen and oxygen atoms in total. The first kappa shape index (κ1) is 12.3. The lowest BCUT2D eigenvalue weighted by molar-refractivity contribution is 0.101. The summed E-state index contributed by atoms with van der Waals surface area (Å²) in [4.78, 5) is 11.7. The third-order valence-corrected chi connectivity index (χ3v) is 3.17. The van der Waals surface area contributed by atoms with Crippen molar-refractivity contribution in [3.63, 3.8) is 0 Å². The van der Waals surface area contributed by atoms with Crippen molar-refractivity contribution in [2.75, 3.05) is 5.32 Å². The maximum absolute atomic E-state index is 11.9. The minimum absolute atomic E-state index is 0.111. The second-order valence-electron chi connectivity index (χ2n) is 3.64. The van der Waals surface area contributed by atoms with Crippen molar-refractivity contribution >= 4 is 21.7 Å². The van der Waals surface area contributed by atoms with Crippen LogP contribution in [0, 0.1) is 0 Å². The van der Waals surface area contributed by atoms with Gasteiger partial charge in [-0.15, -0.1) is 0 Å². The molecule has 0 fully saturated rings. The summed E-state index contributed by atoms with van der Waals surface area (Å²) < 4.78 is 23.7. The fraction of sp³-hybridized carbons (Fsp3) is 0.111. The number of anilines is 1. The molecular weight excluding hydrogens is 258 g/mol. The fourth-order valence-corrected chi connectivity index (χ4v) is 2.01. The van der Waals surface area contributed by atoms with Crippen molar-refractivity contribution in [1.82, 2.24) is 14.8 Å². The molecule has 96 valence electrons. The Morgan fingerprint density at radius 2 is 2.28 bits per heavy atom. The Labute approximate surface area is 103 Å². The Balaban J connectivity index is 2.29. The molecule has 2 aromatic rings. The Hall–Kier alpha value is -2.13. The average Bonchev–Trinajstić information content (AvgIpc) is 2.85. The van der Waals surface area contributed by atoms with Crippen LogP contribution in [0.25, 0.3) is 0 Å². The van der Waals surface area contributed by atoms with Crippen LogP contribution in [0.1, 0.15) is 10.5 Å². The maximum Gasteiger partial charge on any atom is 0.273 e. The molecule has 0 aliphatic carbocycles. The molecule has 0 bridgehead atoms. The Morgan fingerprint density at radius 1 is 1.56 bits per heavy atom. The highest BCUT2D eigenvalue weighted by Gasteiger charge is 2.17. The number of aryl methyl sites for hydroxylation is 1. The Bertz CT molecular complexity index is 671. The second-order valence-corrected chi connectivity index (χ2v) is 5.20. The zero-order valence-electron chi connectivity index (χ0n) is 9.41. The number of hydrogen-bond acceptors (Lipinski definition) is 4. The Kier molecular flexibility index (Phi) is 2.93. The monoisotopic (exact) mass is 269 g/mol. The number of aromatic nitrogens is 3. The lowest BCUT2D eigenvalue weighted by atomic mass is 10.4. The van der Waals surface area contributed by atoms with Gasteiger partial charge in [-0.3, -0.25) is 9.89 Å². The highest BCUT2D eigenvalue weighted by molar-refractivity contribution is 7.89. The van der Waals surface area contributed by atoms with Crippen molar-refractivity contribution in [1.29, 1.82) is 0 Å². The maximum atomic E-state index is 11.9. The van der Waals surface area contributed by atoms with E-state index in [1.54, 1.807) is 13.1 Å². The van der Waals surface area contributed by atoms with Crippen LogP contribution in [0.2, 0.25) is 0 Å². The van der Waals surface area contributed by atoms with Gasteiger partial charge in [-0.2, -0.15) is 5.10 Å². The summed E-state index contributed by atoms with van der Waals surface area (Å²) >= 11 is 0. The molecule has 2 rings (SSSR count). The zero-order chi connectivity index (χ0) is 13.3. The number of rotatable bonds is 3. The lowest BCUT2D eigenvalue weighted by Crippen LogP contribution is -2.15. The van der Waals surface area contributed by atoms with Crippen LogP contribution in [0.15, 0.2) is 29.4 Å². The summed E-state index contributed by atoms with van der Waals surface area (Å²) in [6.45, 7) is 0. The van der Waals surface area contributed by atoms with E-state index in [0.717, 1.165) is 0 Å². The molecular formula is C9H11N5O3S. The van der Waals surface area contributed by atoms with Gasteiger partial charge in [-0.1, -0.05) is 0 Å². The molecule has 0 radical (unpaired) electrons. The highest BCUT2D eigenvalue weighted by atomic mass is 32.2. The van der Waals surface area contributed by atoms with Crippen LogP contribution in [0.4, 0.5) is 5.82 Å². The van der Waals surface area contributed by atoms with Crippen LogP contribution in [-0.4, -0.2) is 29.1 Å². The minimum atomic E-state index is -3.82. The van der Waals surface area contributed by atoms with Crippen LogP contribution in [-0.2, 0) is 17.1 Å². The number of carbonyl (C=O) groups is 1. The van der Waals surface area contributed by atoms with E-state index in [2.05, 4.69) is 15.5 Å². The molecule has 4 N–H and O–H groups in total. The second kappa shape index (κ2) is 4.27. The summed E-state index contributed by atoms with van der Waals surface area (Å²) in [5.41, 5.74) is 0.175. The summed E-state index contributed by atoms with van der Waals surface area (Å²) in [5, 5.41) is 13.8. The predicted molar refractivity (Wildman–Crippen MR) is 63.3 cm³/mol. The number of nitrogens with two attached hydrogens (primary N) is 1. The predicted octanol–water partition coefficient (Wildman–Crippen LogP) is -0.352. The van der Waals surface area contributed by atoms with Gasteiger partial charge in [0.1, 0.15) is 16.4 Å². The van der Waals surface area contributed by atoms with Gasteiger partial charge in [-0.25, -0.2) is 13.6 Å². The van der Waals surface area contributed by atoms with Gasteiger partial charge in [0, 0.05) is 19.3 Å². The van der Waals surface area contributed by atoms with Gasteiger partial charge in [0.15, 0.2) is 0 Å².